The molecule has 0 bridgehead atoms. The Morgan fingerprint density at radius 2 is 1.15 bits per heavy atom. The maximum absolute atomic E-state index is 14.0. The highest BCUT2D eigenvalue weighted by atomic mass is 79.9. The van der Waals surface area contributed by atoms with Crippen LogP contribution in [0.1, 0.15) is 43.0 Å². The van der Waals surface area contributed by atoms with E-state index in [9.17, 15) is 26.4 Å². The van der Waals surface area contributed by atoms with Crippen LogP contribution < -0.4 is 15.2 Å². The minimum atomic E-state index is -4.18. The first-order chi connectivity index (χ1) is 18.8. The van der Waals surface area contributed by atoms with Crippen LogP contribution in [-0.4, -0.2) is 28.4 Å². The molecule has 0 spiro atoms. The van der Waals surface area contributed by atoms with Gasteiger partial charge < -0.3 is 5.73 Å². The van der Waals surface area contributed by atoms with Crippen LogP contribution in [0.2, 0.25) is 0 Å². The standard InChI is InChI=1S/C28H22BrN3O6S2/c1-15-6-10-17(11-7-15)39(35,36)31-21-5-3-4-19-23(21)28(34)24-22(14-20(29)26(30)25(24)27(19)33)32-40(37,38)18-12-8-16(2)9-13-18/h3-14,31-32H,30H2,1-2H3. The van der Waals surface area contributed by atoms with Crippen molar-refractivity contribution < 1.29 is 26.4 Å². The Bertz CT molecular complexity index is 1940. The van der Waals surface area contributed by atoms with Gasteiger partial charge in [-0.15, -0.1) is 0 Å². The van der Waals surface area contributed by atoms with E-state index < -0.39 is 31.6 Å². The van der Waals surface area contributed by atoms with Crippen molar-refractivity contribution in [2.45, 2.75) is 23.6 Å². The second-order valence-corrected chi connectivity index (χ2v) is 13.5. The number of ketones is 2. The molecular formula is C28H22BrN3O6S2. The minimum absolute atomic E-state index is 0.0367. The molecule has 0 atom stereocenters. The predicted molar refractivity (Wildman–Crippen MR) is 156 cm³/mol. The van der Waals surface area contributed by atoms with Crippen molar-refractivity contribution >= 4 is 64.6 Å². The average Bonchev–Trinajstić information content (AvgIpc) is 2.89. The number of benzene rings is 4. The third-order valence-corrected chi connectivity index (χ3v) is 9.88. The Balaban J connectivity index is 1.64. The van der Waals surface area contributed by atoms with Crippen molar-refractivity contribution in [3.8, 4) is 0 Å². The lowest BCUT2D eigenvalue weighted by Crippen LogP contribution is -2.27. The van der Waals surface area contributed by atoms with Gasteiger partial charge in [-0.25, -0.2) is 16.8 Å². The lowest BCUT2D eigenvalue weighted by atomic mass is 9.81. The van der Waals surface area contributed by atoms with E-state index in [0.717, 1.165) is 11.1 Å². The lowest BCUT2D eigenvalue weighted by molar-refractivity contribution is 0.0981. The average molecular weight is 641 g/mol. The highest BCUT2D eigenvalue weighted by molar-refractivity contribution is 9.10. The van der Waals surface area contributed by atoms with E-state index in [1.165, 1.54) is 48.5 Å². The monoisotopic (exact) mass is 639 g/mol. The van der Waals surface area contributed by atoms with Gasteiger partial charge in [0, 0.05) is 10.0 Å². The van der Waals surface area contributed by atoms with Gasteiger partial charge in [-0.3, -0.25) is 19.0 Å². The quantitative estimate of drug-likeness (QED) is 0.220. The van der Waals surface area contributed by atoms with E-state index in [-0.39, 0.29) is 53.6 Å². The van der Waals surface area contributed by atoms with Gasteiger partial charge in [-0.1, -0.05) is 47.5 Å². The summed E-state index contributed by atoms with van der Waals surface area (Å²) in [6.07, 6.45) is 0. The molecule has 0 radical (unpaired) electrons. The molecule has 0 saturated carbocycles. The van der Waals surface area contributed by atoms with Crippen LogP contribution >= 0.6 is 15.9 Å². The molecule has 9 nitrogen and oxygen atoms in total. The minimum Gasteiger partial charge on any atom is -0.397 e. The van der Waals surface area contributed by atoms with Crippen LogP contribution in [0.5, 0.6) is 0 Å². The number of carbonyl (C=O) groups is 2. The summed E-state index contributed by atoms with van der Waals surface area (Å²) in [6, 6.07) is 17.7. The zero-order valence-corrected chi connectivity index (χ0v) is 24.4. The van der Waals surface area contributed by atoms with Gasteiger partial charge in [0.1, 0.15) is 0 Å². The highest BCUT2D eigenvalue weighted by Gasteiger charge is 2.37. The number of rotatable bonds is 6. The maximum atomic E-state index is 14.0. The number of carbonyl (C=O) groups excluding carboxylic acids is 2. The Kier molecular flexibility index (Phi) is 6.81. The number of hydrogen-bond donors (Lipinski definition) is 3. The number of halogens is 1. The smallest absolute Gasteiger partial charge is 0.261 e. The number of nitrogen functional groups attached to an aromatic ring is 1. The van der Waals surface area contributed by atoms with Crippen LogP contribution in [0.15, 0.2) is 87.1 Å². The van der Waals surface area contributed by atoms with E-state index in [2.05, 4.69) is 25.4 Å². The summed E-state index contributed by atoms with van der Waals surface area (Å²) in [5.41, 5.74) is 6.78. The summed E-state index contributed by atoms with van der Waals surface area (Å²) in [4.78, 5) is 27.6. The molecule has 1 aliphatic carbocycles. The third kappa shape index (κ3) is 4.78. The molecule has 0 aliphatic heterocycles. The molecule has 0 heterocycles. The molecule has 0 fully saturated rings. The highest BCUT2D eigenvalue weighted by Crippen LogP contribution is 2.42. The van der Waals surface area contributed by atoms with Crippen LogP contribution in [0.4, 0.5) is 17.1 Å². The molecule has 0 unspecified atom stereocenters. The summed E-state index contributed by atoms with van der Waals surface area (Å²) in [6.45, 7) is 3.62. The maximum Gasteiger partial charge on any atom is 0.261 e. The van der Waals surface area contributed by atoms with Gasteiger partial charge >= 0.3 is 0 Å². The lowest BCUT2D eigenvalue weighted by Gasteiger charge is -2.25. The topological polar surface area (TPSA) is 152 Å². The fourth-order valence-electron chi connectivity index (χ4n) is 4.39. The normalized spacial score (nSPS) is 13.0. The molecule has 4 aromatic carbocycles. The summed E-state index contributed by atoms with van der Waals surface area (Å²) >= 11 is 3.26. The number of nitrogens with one attached hydrogen (secondary N) is 2. The fourth-order valence-corrected chi connectivity index (χ4v) is 6.95. The second-order valence-electron chi connectivity index (χ2n) is 9.29. The summed E-state index contributed by atoms with van der Waals surface area (Å²) in [7, 11) is -8.31. The van der Waals surface area contributed by atoms with Crippen molar-refractivity contribution in [3.05, 3.63) is 111 Å². The molecule has 4 N–H and O–H groups in total. The fraction of sp³-hybridized carbons (Fsp3) is 0.0714. The molecule has 0 saturated heterocycles. The van der Waals surface area contributed by atoms with E-state index in [1.54, 1.807) is 24.3 Å². The first kappa shape index (κ1) is 27.6. The Labute approximate surface area is 239 Å². The van der Waals surface area contributed by atoms with Gasteiger partial charge in [0.25, 0.3) is 20.0 Å². The molecule has 204 valence electrons. The van der Waals surface area contributed by atoms with E-state index >= 15 is 0 Å². The van der Waals surface area contributed by atoms with E-state index in [0.29, 0.717) is 0 Å². The zero-order valence-electron chi connectivity index (χ0n) is 21.1. The van der Waals surface area contributed by atoms with Crippen molar-refractivity contribution in [3.63, 3.8) is 0 Å². The number of nitrogens with two attached hydrogens (primary N) is 1. The van der Waals surface area contributed by atoms with Gasteiger partial charge in [-0.2, -0.15) is 0 Å². The number of fused-ring (bicyclic) bond motifs is 2. The Morgan fingerprint density at radius 1 is 0.650 bits per heavy atom. The van der Waals surface area contributed by atoms with E-state index in [1.807, 2.05) is 13.8 Å². The molecular weight excluding hydrogens is 618 g/mol. The molecule has 0 amide bonds. The van der Waals surface area contributed by atoms with Gasteiger partial charge in [0.15, 0.2) is 11.6 Å². The Hall–Kier alpha value is -4.00. The third-order valence-electron chi connectivity index (χ3n) is 6.46. The number of hydrogen-bond acceptors (Lipinski definition) is 7. The van der Waals surface area contributed by atoms with Gasteiger partial charge in [-0.05, 0) is 66.2 Å². The van der Waals surface area contributed by atoms with Crippen LogP contribution in [-0.2, 0) is 20.0 Å². The zero-order chi connectivity index (χ0) is 29.0. The van der Waals surface area contributed by atoms with E-state index in [4.69, 9.17) is 5.73 Å². The van der Waals surface area contributed by atoms with Crippen LogP contribution in [0.25, 0.3) is 0 Å². The van der Waals surface area contributed by atoms with Crippen molar-refractivity contribution in [2.24, 2.45) is 0 Å². The van der Waals surface area contributed by atoms with Crippen molar-refractivity contribution in [2.75, 3.05) is 15.2 Å². The number of sulfonamides is 2. The molecule has 5 rings (SSSR count). The van der Waals surface area contributed by atoms with Crippen molar-refractivity contribution in [1.82, 2.24) is 0 Å². The number of aryl methyl sites for hydroxylation is 2. The van der Waals surface area contributed by atoms with Gasteiger partial charge in [0.05, 0.1) is 43.5 Å². The summed E-state index contributed by atoms with van der Waals surface area (Å²) < 4.78 is 57.7. The predicted octanol–water partition coefficient (Wildman–Crippen LogP) is 5.03. The largest absolute Gasteiger partial charge is 0.397 e. The molecule has 0 aromatic heterocycles. The van der Waals surface area contributed by atoms with Crippen LogP contribution in [0.3, 0.4) is 0 Å². The van der Waals surface area contributed by atoms with Crippen molar-refractivity contribution in [1.29, 1.82) is 0 Å². The molecule has 12 heteroatoms. The molecule has 40 heavy (non-hydrogen) atoms. The summed E-state index contributed by atoms with van der Waals surface area (Å²) in [5, 5.41) is 0. The summed E-state index contributed by atoms with van der Waals surface area (Å²) in [5.74, 6) is -1.43. The molecule has 4 aromatic rings. The van der Waals surface area contributed by atoms with Crippen LogP contribution in [0, 0.1) is 13.8 Å². The van der Waals surface area contributed by atoms with Gasteiger partial charge in [0.2, 0.25) is 0 Å². The first-order valence-corrected chi connectivity index (χ1v) is 15.6. The SMILES string of the molecule is Cc1ccc(S(=O)(=O)Nc2cccc3c2C(=O)c2c(NS(=O)(=O)c4ccc(C)cc4)cc(Br)c(N)c2C3=O)cc1. The first-order valence-electron chi connectivity index (χ1n) is 11.8. The second kappa shape index (κ2) is 9.88. The number of anilines is 3. The molecule has 1 aliphatic rings. The Morgan fingerprint density at radius 3 is 1.68 bits per heavy atom.